The van der Waals surface area contributed by atoms with Crippen LogP contribution in [0.15, 0.2) is 41.3 Å². The molecule has 0 radical (unpaired) electrons. The van der Waals surface area contributed by atoms with Crippen molar-refractivity contribution in [1.29, 1.82) is 5.26 Å². The molecule has 0 bridgehead atoms. The summed E-state index contributed by atoms with van der Waals surface area (Å²) < 4.78 is 10.9. The number of nitrogens with zero attached hydrogens (tertiary/aromatic N) is 2. The predicted molar refractivity (Wildman–Crippen MR) is 117 cm³/mol. The number of rotatable bonds is 7. The highest BCUT2D eigenvalue weighted by atomic mass is 35.5. The van der Waals surface area contributed by atoms with Crippen molar-refractivity contribution in [3.63, 3.8) is 0 Å². The zero-order valence-corrected chi connectivity index (χ0v) is 18.2. The number of hydrogen-bond acceptors (Lipinski definition) is 6. The molecule has 0 aliphatic carbocycles. The topological polar surface area (TPSA) is 79.6 Å². The third-order valence-electron chi connectivity index (χ3n) is 4.11. The lowest BCUT2D eigenvalue weighted by Gasteiger charge is -2.14. The summed E-state index contributed by atoms with van der Waals surface area (Å²) in [7, 11) is 0. The Kier molecular flexibility index (Phi) is 7.27. The van der Waals surface area contributed by atoms with E-state index < -0.39 is 11.1 Å². The molecule has 0 unspecified atom stereocenters. The van der Waals surface area contributed by atoms with Gasteiger partial charge in [0.15, 0.2) is 18.1 Å². The third kappa shape index (κ3) is 4.90. The van der Waals surface area contributed by atoms with Crippen molar-refractivity contribution in [2.75, 3.05) is 13.2 Å². The first-order valence-electron chi connectivity index (χ1n) is 8.89. The van der Waals surface area contributed by atoms with Crippen molar-refractivity contribution in [2.45, 2.75) is 13.5 Å². The Morgan fingerprint density at radius 2 is 1.87 bits per heavy atom. The third-order valence-corrected chi connectivity index (χ3v) is 5.72. The van der Waals surface area contributed by atoms with Gasteiger partial charge < -0.3 is 9.47 Å². The highest BCUT2D eigenvalue weighted by Crippen LogP contribution is 2.37. The van der Waals surface area contributed by atoms with Crippen LogP contribution in [0.1, 0.15) is 18.1 Å². The SMILES string of the molecule is CCOc1cc(/C=C2\SC(=O)N(Cc3c(Cl)cccc3Cl)C2=O)ccc1OCC#N. The van der Waals surface area contributed by atoms with Gasteiger partial charge in [-0.1, -0.05) is 35.3 Å². The molecule has 1 aliphatic heterocycles. The monoisotopic (exact) mass is 462 g/mol. The van der Waals surface area contributed by atoms with Crippen LogP contribution in [0.5, 0.6) is 11.5 Å². The molecule has 154 valence electrons. The Balaban J connectivity index is 1.84. The maximum Gasteiger partial charge on any atom is 0.293 e. The number of carbonyl (C=O) groups excluding carboxylic acids is 2. The fraction of sp³-hybridized carbons (Fsp3) is 0.190. The van der Waals surface area contributed by atoms with Crippen molar-refractivity contribution in [3.8, 4) is 17.6 Å². The average Bonchev–Trinajstić information content (AvgIpc) is 2.97. The van der Waals surface area contributed by atoms with Crippen LogP contribution < -0.4 is 9.47 Å². The quantitative estimate of drug-likeness (QED) is 0.503. The molecule has 1 fully saturated rings. The maximum atomic E-state index is 12.8. The second-order valence-electron chi connectivity index (χ2n) is 6.05. The van der Waals surface area contributed by atoms with Gasteiger partial charge in [0.05, 0.1) is 18.1 Å². The lowest BCUT2D eigenvalue weighted by atomic mass is 10.1. The Labute approximate surface area is 188 Å². The van der Waals surface area contributed by atoms with Gasteiger partial charge in [0, 0.05) is 15.6 Å². The Bertz CT molecular complexity index is 1050. The minimum atomic E-state index is -0.427. The molecule has 0 saturated carbocycles. The molecule has 0 N–H and O–H groups in total. The predicted octanol–water partition coefficient (Wildman–Crippen LogP) is 5.53. The normalized spacial score (nSPS) is 14.9. The zero-order chi connectivity index (χ0) is 21.7. The highest BCUT2D eigenvalue weighted by Gasteiger charge is 2.35. The Morgan fingerprint density at radius 1 is 1.13 bits per heavy atom. The van der Waals surface area contributed by atoms with Gasteiger partial charge in [-0.05, 0) is 54.6 Å². The minimum absolute atomic E-state index is 0.00829. The van der Waals surface area contributed by atoms with Crippen molar-refractivity contribution in [1.82, 2.24) is 4.90 Å². The number of benzene rings is 2. The van der Waals surface area contributed by atoms with Gasteiger partial charge in [-0.3, -0.25) is 14.5 Å². The van der Waals surface area contributed by atoms with Crippen LogP contribution in [0, 0.1) is 11.3 Å². The maximum absolute atomic E-state index is 12.8. The smallest absolute Gasteiger partial charge is 0.293 e. The second-order valence-corrected chi connectivity index (χ2v) is 7.86. The van der Waals surface area contributed by atoms with Crippen LogP contribution in [-0.2, 0) is 11.3 Å². The standard InChI is InChI=1S/C21H16Cl2N2O4S/c1-2-28-18-10-13(6-7-17(18)29-9-8-24)11-19-20(26)25(21(27)30-19)12-14-15(22)4-3-5-16(14)23/h3-7,10-11H,2,9,12H2,1H3/b19-11-. The molecule has 30 heavy (non-hydrogen) atoms. The van der Waals surface area contributed by atoms with Crippen molar-refractivity contribution >= 4 is 52.2 Å². The van der Waals surface area contributed by atoms with Gasteiger partial charge in [-0.15, -0.1) is 0 Å². The first kappa shape index (κ1) is 22.0. The van der Waals surface area contributed by atoms with E-state index in [1.807, 2.05) is 13.0 Å². The number of nitriles is 1. The molecule has 3 rings (SSSR count). The van der Waals surface area contributed by atoms with E-state index in [4.69, 9.17) is 37.9 Å². The van der Waals surface area contributed by atoms with Gasteiger partial charge in [0.25, 0.3) is 11.1 Å². The molecule has 9 heteroatoms. The van der Waals surface area contributed by atoms with Gasteiger partial charge in [-0.25, -0.2) is 0 Å². The number of amides is 2. The summed E-state index contributed by atoms with van der Waals surface area (Å²) in [5.74, 6) is 0.448. The number of ether oxygens (including phenoxy) is 2. The lowest BCUT2D eigenvalue weighted by Crippen LogP contribution is -2.27. The summed E-state index contributed by atoms with van der Waals surface area (Å²) in [6, 6.07) is 12.0. The molecular formula is C21H16Cl2N2O4S. The van der Waals surface area contributed by atoms with Crippen LogP contribution >= 0.6 is 35.0 Å². The summed E-state index contributed by atoms with van der Waals surface area (Å²) in [6.45, 7) is 2.11. The van der Waals surface area contributed by atoms with E-state index >= 15 is 0 Å². The Hall–Kier alpha value is -2.66. The molecule has 2 amide bonds. The molecule has 6 nitrogen and oxygen atoms in total. The molecular weight excluding hydrogens is 447 g/mol. The van der Waals surface area contributed by atoms with E-state index in [1.165, 1.54) is 0 Å². The van der Waals surface area contributed by atoms with Crippen LogP contribution in [0.25, 0.3) is 6.08 Å². The average molecular weight is 463 g/mol. The molecule has 0 aromatic heterocycles. The molecule has 0 atom stereocenters. The van der Waals surface area contributed by atoms with Gasteiger partial charge in [0.1, 0.15) is 6.07 Å². The van der Waals surface area contributed by atoms with E-state index in [9.17, 15) is 9.59 Å². The highest BCUT2D eigenvalue weighted by molar-refractivity contribution is 8.18. The van der Waals surface area contributed by atoms with Crippen LogP contribution in [-0.4, -0.2) is 29.3 Å². The summed E-state index contributed by atoms with van der Waals surface area (Å²) in [5, 5.41) is 9.07. The van der Waals surface area contributed by atoms with Gasteiger partial charge in [0.2, 0.25) is 0 Å². The van der Waals surface area contributed by atoms with Crippen molar-refractivity contribution in [2.24, 2.45) is 0 Å². The summed E-state index contributed by atoms with van der Waals surface area (Å²) in [6.07, 6.45) is 1.61. The van der Waals surface area contributed by atoms with E-state index in [0.717, 1.165) is 16.7 Å². The van der Waals surface area contributed by atoms with E-state index in [2.05, 4.69) is 0 Å². The van der Waals surface area contributed by atoms with E-state index in [0.29, 0.717) is 39.3 Å². The zero-order valence-electron chi connectivity index (χ0n) is 15.9. The Morgan fingerprint density at radius 3 is 2.53 bits per heavy atom. The van der Waals surface area contributed by atoms with Crippen LogP contribution in [0.2, 0.25) is 10.0 Å². The molecule has 2 aromatic rings. The molecule has 0 spiro atoms. The van der Waals surface area contributed by atoms with Crippen molar-refractivity contribution in [3.05, 3.63) is 62.5 Å². The molecule has 1 aliphatic rings. The number of thioether (sulfide) groups is 1. The summed E-state index contributed by atoms with van der Waals surface area (Å²) >= 11 is 13.2. The summed E-state index contributed by atoms with van der Waals surface area (Å²) in [5.41, 5.74) is 1.17. The van der Waals surface area contributed by atoms with Crippen molar-refractivity contribution < 1.29 is 19.1 Å². The largest absolute Gasteiger partial charge is 0.490 e. The van der Waals surface area contributed by atoms with Gasteiger partial charge >= 0.3 is 0 Å². The lowest BCUT2D eigenvalue weighted by molar-refractivity contribution is -0.123. The summed E-state index contributed by atoms with van der Waals surface area (Å²) in [4.78, 5) is 26.6. The van der Waals surface area contributed by atoms with Crippen LogP contribution in [0.4, 0.5) is 4.79 Å². The fourth-order valence-electron chi connectivity index (χ4n) is 2.74. The molecule has 2 aromatic carbocycles. The van der Waals surface area contributed by atoms with Gasteiger partial charge in [-0.2, -0.15) is 5.26 Å². The number of halogens is 2. The number of carbonyl (C=O) groups is 2. The van der Waals surface area contributed by atoms with E-state index in [1.54, 1.807) is 42.5 Å². The number of imide groups is 1. The first-order valence-corrected chi connectivity index (χ1v) is 10.5. The minimum Gasteiger partial charge on any atom is -0.490 e. The van der Waals surface area contributed by atoms with Crippen LogP contribution in [0.3, 0.4) is 0 Å². The fourth-order valence-corrected chi connectivity index (χ4v) is 4.10. The second kappa shape index (κ2) is 9.90. The number of hydrogen-bond donors (Lipinski definition) is 0. The molecule has 1 saturated heterocycles. The first-order chi connectivity index (χ1) is 14.4. The molecule has 1 heterocycles. The van der Waals surface area contributed by atoms with E-state index in [-0.39, 0.29) is 18.1 Å².